The Balaban J connectivity index is 1.71. The minimum atomic E-state index is 0.831. The highest BCUT2D eigenvalue weighted by atomic mass is 16.5. The molecule has 0 N–H and O–H groups in total. The van der Waals surface area contributed by atoms with Crippen LogP contribution in [0.4, 0.5) is 11.4 Å². The Bertz CT molecular complexity index is 984. The Morgan fingerprint density at radius 3 is 2.58 bits per heavy atom. The largest absolute Gasteiger partial charge is 0.356 e. The highest BCUT2D eigenvalue weighted by Crippen LogP contribution is 2.32. The van der Waals surface area contributed by atoms with Crippen molar-refractivity contribution in [2.75, 3.05) is 11.9 Å². The van der Waals surface area contributed by atoms with Crippen molar-refractivity contribution in [2.45, 2.75) is 13.8 Å². The van der Waals surface area contributed by atoms with E-state index in [-0.39, 0.29) is 0 Å². The molecule has 0 radical (unpaired) electrons. The van der Waals surface area contributed by atoms with Crippen molar-refractivity contribution >= 4 is 22.3 Å². The minimum absolute atomic E-state index is 0.831. The van der Waals surface area contributed by atoms with Crippen LogP contribution in [0, 0.1) is 13.8 Å². The summed E-state index contributed by atoms with van der Waals surface area (Å²) in [4.78, 5) is 6.26. The van der Waals surface area contributed by atoms with Crippen molar-refractivity contribution in [3.8, 4) is 5.69 Å². The van der Waals surface area contributed by atoms with Gasteiger partial charge in [-0.25, -0.2) is 4.98 Å². The predicted molar refractivity (Wildman–Crippen MR) is 95.1 cm³/mol. The lowest BCUT2D eigenvalue weighted by molar-refractivity contribution is 0.450. The molecule has 0 unspecified atom stereocenters. The molecule has 0 aliphatic carbocycles. The number of aryl methyl sites for hydroxylation is 2. The first kappa shape index (κ1) is 14.5. The summed E-state index contributed by atoms with van der Waals surface area (Å²) in [5.74, 6) is 0. The topological polar surface area (TPSA) is 47.1 Å². The van der Waals surface area contributed by atoms with Crippen LogP contribution in [0.2, 0.25) is 0 Å². The van der Waals surface area contributed by atoms with Gasteiger partial charge in [0.15, 0.2) is 5.58 Å². The Morgan fingerprint density at radius 2 is 1.88 bits per heavy atom. The maximum atomic E-state index is 5.35. The molecule has 0 aliphatic rings. The number of aromatic nitrogens is 3. The zero-order valence-electron chi connectivity index (χ0n) is 13.9. The third kappa shape index (κ3) is 2.34. The predicted octanol–water partition coefficient (Wildman–Crippen LogP) is 4.40. The maximum absolute atomic E-state index is 5.35. The van der Waals surface area contributed by atoms with Crippen LogP contribution in [0.25, 0.3) is 16.7 Å². The van der Waals surface area contributed by atoms with E-state index in [4.69, 9.17) is 4.52 Å². The molecule has 5 heteroatoms. The molecule has 0 atom stereocenters. The maximum Gasteiger partial charge on any atom is 0.167 e. The van der Waals surface area contributed by atoms with Gasteiger partial charge in [-0.2, -0.15) is 0 Å². The fourth-order valence-electron chi connectivity index (χ4n) is 2.96. The Kier molecular flexibility index (Phi) is 3.34. The second kappa shape index (κ2) is 5.53. The third-order valence-corrected chi connectivity index (χ3v) is 4.37. The van der Waals surface area contributed by atoms with E-state index in [1.165, 1.54) is 0 Å². The number of imidazole rings is 1. The standard InChI is InChI=1S/C19H18N4O/c1-13-10-19-17(14(2)21-24-19)11-18(13)22(3)15-4-6-16(7-5-15)23-9-8-20-12-23/h4-12H,1-3H3. The van der Waals surface area contributed by atoms with Crippen molar-refractivity contribution in [1.82, 2.24) is 14.7 Å². The summed E-state index contributed by atoms with van der Waals surface area (Å²) < 4.78 is 7.34. The second-order valence-corrected chi connectivity index (χ2v) is 5.95. The first-order valence-corrected chi connectivity index (χ1v) is 7.82. The molecular formula is C19H18N4O. The lowest BCUT2D eigenvalue weighted by Crippen LogP contribution is -2.11. The summed E-state index contributed by atoms with van der Waals surface area (Å²) in [7, 11) is 2.07. The zero-order valence-corrected chi connectivity index (χ0v) is 13.9. The number of anilines is 2. The highest BCUT2D eigenvalue weighted by Gasteiger charge is 2.12. The molecule has 24 heavy (non-hydrogen) atoms. The normalized spacial score (nSPS) is 11.1. The van der Waals surface area contributed by atoms with Crippen LogP contribution in [0.1, 0.15) is 11.3 Å². The molecule has 120 valence electrons. The SMILES string of the molecule is Cc1cc2onc(C)c2cc1N(C)c1ccc(-n2ccnc2)cc1. The number of benzene rings is 2. The quantitative estimate of drug-likeness (QED) is 0.562. The van der Waals surface area contributed by atoms with Crippen molar-refractivity contribution in [2.24, 2.45) is 0 Å². The molecule has 2 heterocycles. The van der Waals surface area contributed by atoms with Crippen LogP contribution in [0.5, 0.6) is 0 Å². The highest BCUT2D eigenvalue weighted by molar-refractivity contribution is 5.86. The van der Waals surface area contributed by atoms with Crippen LogP contribution in [0.15, 0.2) is 59.6 Å². The summed E-state index contributed by atoms with van der Waals surface area (Å²) in [6, 6.07) is 12.6. The van der Waals surface area contributed by atoms with E-state index < -0.39 is 0 Å². The molecule has 2 aromatic heterocycles. The molecule has 0 spiro atoms. The van der Waals surface area contributed by atoms with Crippen LogP contribution in [-0.2, 0) is 0 Å². The lowest BCUT2D eigenvalue weighted by Gasteiger charge is -2.22. The average molecular weight is 318 g/mol. The first-order chi connectivity index (χ1) is 11.6. The number of rotatable bonds is 3. The third-order valence-electron chi connectivity index (χ3n) is 4.37. The van der Waals surface area contributed by atoms with Gasteiger partial charge >= 0.3 is 0 Å². The van der Waals surface area contributed by atoms with Gasteiger partial charge in [0.2, 0.25) is 0 Å². The molecule has 0 saturated heterocycles. The van der Waals surface area contributed by atoms with Gasteiger partial charge in [0.05, 0.1) is 12.0 Å². The molecule has 0 fully saturated rings. The van der Waals surface area contributed by atoms with Crippen molar-refractivity contribution in [3.05, 3.63) is 66.4 Å². The van der Waals surface area contributed by atoms with E-state index in [0.29, 0.717) is 0 Å². The van der Waals surface area contributed by atoms with Crippen molar-refractivity contribution in [3.63, 3.8) is 0 Å². The molecule has 0 amide bonds. The number of hydrogen-bond donors (Lipinski definition) is 0. The monoisotopic (exact) mass is 318 g/mol. The number of fused-ring (bicyclic) bond motifs is 1. The van der Waals surface area contributed by atoms with Gasteiger partial charge in [0.1, 0.15) is 0 Å². The van der Waals surface area contributed by atoms with Gasteiger partial charge in [-0.15, -0.1) is 0 Å². The average Bonchev–Trinajstić information content (AvgIpc) is 3.24. The van der Waals surface area contributed by atoms with E-state index in [9.17, 15) is 0 Å². The van der Waals surface area contributed by atoms with Crippen LogP contribution in [-0.4, -0.2) is 21.8 Å². The minimum Gasteiger partial charge on any atom is -0.356 e. The van der Waals surface area contributed by atoms with Crippen LogP contribution in [0.3, 0.4) is 0 Å². The Hall–Kier alpha value is -3.08. The molecule has 2 aromatic carbocycles. The summed E-state index contributed by atoms with van der Waals surface area (Å²) >= 11 is 0. The van der Waals surface area contributed by atoms with E-state index in [0.717, 1.165) is 39.3 Å². The molecule has 0 bridgehead atoms. The number of nitrogens with zero attached hydrogens (tertiary/aromatic N) is 4. The first-order valence-electron chi connectivity index (χ1n) is 7.82. The Morgan fingerprint density at radius 1 is 1.08 bits per heavy atom. The van der Waals surface area contributed by atoms with Gasteiger partial charge in [0, 0.05) is 41.9 Å². The summed E-state index contributed by atoms with van der Waals surface area (Å²) in [5.41, 5.74) is 6.25. The summed E-state index contributed by atoms with van der Waals surface area (Å²) in [6.45, 7) is 4.05. The fraction of sp³-hybridized carbons (Fsp3) is 0.158. The molecule has 4 aromatic rings. The molecule has 4 rings (SSSR count). The van der Waals surface area contributed by atoms with Crippen molar-refractivity contribution < 1.29 is 4.52 Å². The Labute approximate surface area is 140 Å². The molecule has 0 saturated carbocycles. The summed E-state index contributed by atoms with van der Waals surface area (Å²) in [6.07, 6.45) is 5.51. The van der Waals surface area contributed by atoms with Gasteiger partial charge < -0.3 is 14.0 Å². The van der Waals surface area contributed by atoms with Crippen LogP contribution >= 0.6 is 0 Å². The summed E-state index contributed by atoms with van der Waals surface area (Å²) in [5, 5.41) is 5.10. The lowest BCUT2D eigenvalue weighted by atomic mass is 10.1. The zero-order chi connectivity index (χ0) is 16.7. The second-order valence-electron chi connectivity index (χ2n) is 5.95. The van der Waals surface area contributed by atoms with E-state index in [1.54, 1.807) is 12.5 Å². The van der Waals surface area contributed by atoms with Gasteiger partial charge in [0.25, 0.3) is 0 Å². The van der Waals surface area contributed by atoms with Crippen LogP contribution < -0.4 is 4.90 Å². The molecule has 0 aliphatic heterocycles. The van der Waals surface area contributed by atoms with Gasteiger partial charge in [-0.3, -0.25) is 0 Å². The van der Waals surface area contributed by atoms with Crippen molar-refractivity contribution in [1.29, 1.82) is 0 Å². The number of hydrogen-bond acceptors (Lipinski definition) is 4. The smallest absolute Gasteiger partial charge is 0.167 e. The van der Waals surface area contributed by atoms with E-state index in [2.05, 4.69) is 59.3 Å². The fourth-order valence-corrected chi connectivity index (χ4v) is 2.96. The van der Waals surface area contributed by atoms with Gasteiger partial charge in [-0.1, -0.05) is 5.16 Å². The molecule has 5 nitrogen and oxygen atoms in total. The van der Waals surface area contributed by atoms with E-state index in [1.807, 2.05) is 23.8 Å². The molecular weight excluding hydrogens is 300 g/mol. The van der Waals surface area contributed by atoms with Gasteiger partial charge in [-0.05, 0) is 55.8 Å². The van der Waals surface area contributed by atoms with E-state index >= 15 is 0 Å².